The van der Waals surface area contributed by atoms with E-state index in [-0.39, 0.29) is 24.8 Å². The van der Waals surface area contributed by atoms with Crippen LogP contribution >= 0.6 is 24.0 Å². The number of carbonyl (C=O) groups excluding carboxylic acids is 3. The van der Waals surface area contributed by atoms with Gasteiger partial charge in [-0.1, -0.05) is 24.0 Å². The average Bonchev–Trinajstić information content (AvgIpc) is 3.20. The third-order valence-electron chi connectivity index (χ3n) is 3.44. The molecule has 0 aromatic heterocycles. The zero-order valence-corrected chi connectivity index (χ0v) is 14.6. The molecule has 2 heterocycles. The summed E-state index contributed by atoms with van der Waals surface area (Å²) in [4.78, 5) is 36.6. The van der Waals surface area contributed by atoms with E-state index < -0.39 is 18.5 Å². The second kappa shape index (κ2) is 7.70. The molecule has 8 nitrogen and oxygen atoms in total. The van der Waals surface area contributed by atoms with Gasteiger partial charge in [0.15, 0.2) is 18.1 Å². The van der Waals surface area contributed by atoms with Crippen LogP contribution in [-0.4, -0.2) is 59.2 Å². The van der Waals surface area contributed by atoms with Gasteiger partial charge in [-0.3, -0.25) is 14.5 Å². The number of esters is 1. The molecule has 1 fully saturated rings. The van der Waals surface area contributed by atoms with E-state index in [1.165, 1.54) is 28.8 Å². The lowest BCUT2D eigenvalue weighted by molar-refractivity contribution is -0.126. The van der Waals surface area contributed by atoms with Gasteiger partial charge in [0.2, 0.25) is 12.7 Å². The minimum Gasteiger partial charge on any atom is -0.454 e. The molecule has 3 rings (SSSR count). The van der Waals surface area contributed by atoms with Crippen LogP contribution in [0.1, 0.15) is 10.4 Å². The summed E-state index contributed by atoms with van der Waals surface area (Å²) in [5, 5.41) is 2.58. The van der Waals surface area contributed by atoms with Gasteiger partial charge in [-0.15, -0.1) is 0 Å². The number of nitrogens with one attached hydrogen (secondary N) is 1. The predicted molar refractivity (Wildman–Crippen MR) is 92.6 cm³/mol. The Morgan fingerprint density at radius 3 is 2.88 bits per heavy atom. The molecule has 0 radical (unpaired) electrons. The van der Waals surface area contributed by atoms with Crippen LogP contribution in [-0.2, 0) is 14.3 Å². The van der Waals surface area contributed by atoms with Crippen LogP contribution in [0.2, 0.25) is 0 Å². The Morgan fingerprint density at radius 2 is 2.12 bits per heavy atom. The molecule has 0 unspecified atom stereocenters. The van der Waals surface area contributed by atoms with Crippen LogP contribution in [0.3, 0.4) is 0 Å². The van der Waals surface area contributed by atoms with Gasteiger partial charge < -0.3 is 19.5 Å². The number of amides is 2. The molecule has 0 saturated carbocycles. The van der Waals surface area contributed by atoms with Gasteiger partial charge in [-0.2, -0.15) is 0 Å². The van der Waals surface area contributed by atoms with Gasteiger partial charge >= 0.3 is 5.97 Å². The first-order valence-electron chi connectivity index (χ1n) is 7.35. The number of hydrogen-bond acceptors (Lipinski definition) is 8. The topological polar surface area (TPSA) is 94.2 Å². The Balaban J connectivity index is 1.40. The summed E-state index contributed by atoms with van der Waals surface area (Å²) in [7, 11) is 0. The number of fused-ring (bicyclic) bond motifs is 1. The fourth-order valence-corrected chi connectivity index (χ4v) is 3.31. The normalized spacial score (nSPS) is 15.4. The molecule has 10 heteroatoms. The van der Waals surface area contributed by atoms with Crippen molar-refractivity contribution in [3.63, 3.8) is 0 Å². The summed E-state index contributed by atoms with van der Waals surface area (Å²) in [5.74, 6) is 0.184. The van der Waals surface area contributed by atoms with Gasteiger partial charge in [-0.25, -0.2) is 4.79 Å². The summed E-state index contributed by atoms with van der Waals surface area (Å²) in [6.07, 6.45) is 0. The number of benzene rings is 1. The maximum Gasteiger partial charge on any atom is 0.338 e. The molecule has 1 saturated heterocycles. The van der Waals surface area contributed by atoms with Crippen molar-refractivity contribution in [2.24, 2.45) is 0 Å². The number of ether oxygens (including phenoxy) is 3. The molecule has 2 aliphatic heterocycles. The number of carbonyl (C=O) groups is 3. The second-order valence-electron chi connectivity index (χ2n) is 5.09. The third kappa shape index (κ3) is 4.20. The van der Waals surface area contributed by atoms with E-state index in [0.717, 1.165) is 0 Å². The van der Waals surface area contributed by atoms with Crippen molar-refractivity contribution in [3.05, 3.63) is 23.8 Å². The van der Waals surface area contributed by atoms with E-state index in [1.54, 1.807) is 6.07 Å². The highest BCUT2D eigenvalue weighted by molar-refractivity contribution is 8.23. The predicted octanol–water partition coefficient (Wildman–Crippen LogP) is 0.549. The summed E-state index contributed by atoms with van der Waals surface area (Å²) in [6.45, 7) is 0.220. The molecule has 0 spiro atoms. The van der Waals surface area contributed by atoms with Gasteiger partial charge in [0.1, 0.15) is 4.32 Å². The van der Waals surface area contributed by atoms with E-state index in [1.807, 2.05) is 0 Å². The highest BCUT2D eigenvalue weighted by atomic mass is 32.2. The minimum absolute atomic E-state index is 0.0708. The fraction of sp³-hybridized carbons (Fsp3) is 0.333. The molecule has 2 aliphatic rings. The Hall–Kier alpha value is -2.33. The maximum atomic E-state index is 11.9. The molecule has 1 aromatic rings. The van der Waals surface area contributed by atoms with Crippen molar-refractivity contribution in [2.75, 3.05) is 32.2 Å². The monoisotopic (exact) mass is 382 g/mol. The van der Waals surface area contributed by atoms with Gasteiger partial charge in [-0.05, 0) is 18.2 Å². The molecular weight excluding hydrogens is 368 g/mol. The molecule has 0 atom stereocenters. The summed E-state index contributed by atoms with van der Waals surface area (Å²) in [5.41, 5.74) is 0.266. The Labute approximate surface area is 152 Å². The number of hydrogen-bond donors (Lipinski definition) is 1. The van der Waals surface area contributed by atoms with Crippen LogP contribution in [0.15, 0.2) is 18.2 Å². The third-order valence-corrected chi connectivity index (χ3v) is 4.87. The zero-order chi connectivity index (χ0) is 17.8. The lowest BCUT2D eigenvalue weighted by atomic mass is 10.2. The van der Waals surface area contributed by atoms with Crippen molar-refractivity contribution in [3.8, 4) is 11.5 Å². The highest BCUT2D eigenvalue weighted by Gasteiger charge is 2.26. The molecule has 1 N–H and O–H groups in total. The number of thioether (sulfide) groups is 1. The Kier molecular flexibility index (Phi) is 5.39. The SMILES string of the molecule is O=C(COC(=O)c1ccc2c(c1)OCO2)NCCN1C(=O)CSC1=S. The summed E-state index contributed by atoms with van der Waals surface area (Å²) in [6, 6.07) is 4.64. The maximum absolute atomic E-state index is 11.9. The quantitative estimate of drug-likeness (QED) is 0.563. The lowest BCUT2D eigenvalue weighted by Gasteiger charge is -2.15. The van der Waals surface area contributed by atoms with E-state index in [0.29, 0.717) is 28.1 Å². The van der Waals surface area contributed by atoms with E-state index in [2.05, 4.69) is 5.32 Å². The first-order chi connectivity index (χ1) is 12.0. The van der Waals surface area contributed by atoms with Crippen molar-refractivity contribution in [1.29, 1.82) is 0 Å². The lowest BCUT2D eigenvalue weighted by Crippen LogP contribution is -2.38. The number of nitrogens with zero attached hydrogens (tertiary/aromatic N) is 1. The van der Waals surface area contributed by atoms with Crippen LogP contribution in [0, 0.1) is 0 Å². The molecule has 132 valence electrons. The van der Waals surface area contributed by atoms with E-state index >= 15 is 0 Å². The van der Waals surface area contributed by atoms with Crippen molar-refractivity contribution in [1.82, 2.24) is 10.2 Å². The molecule has 25 heavy (non-hydrogen) atoms. The van der Waals surface area contributed by atoms with Crippen LogP contribution in [0.5, 0.6) is 11.5 Å². The Morgan fingerprint density at radius 1 is 1.32 bits per heavy atom. The summed E-state index contributed by atoms with van der Waals surface area (Å²) >= 11 is 6.34. The van der Waals surface area contributed by atoms with Crippen LogP contribution < -0.4 is 14.8 Å². The second-order valence-corrected chi connectivity index (χ2v) is 6.70. The van der Waals surface area contributed by atoms with Gasteiger partial charge in [0.25, 0.3) is 5.91 Å². The number of rotatable bonds is 6. The molecular formula is C15H14N2O6S2. The first kappa shape index (κ1) is 17.5. The zero-order valence-electron chi connectivity index (χ0n) is 13.0. The highest BCUT2D eigenvalue weighted by Crippen LogP contribution is 2.32. The van der Waals surface area contributed by atoms with E-state index in [9.17, 15) is 14.4 Å². The number of thiocarbonyl (C=S) groups is 1. The molecule has 1 aromatic carbocycles. The van der Waals surface area contributed by atoms with Crippen molar-refractivity contribution in [2.45, 2.75) is 0 Å². The van der Waals surface area contributed by atoms with Crippen LogP contribution in [0.4, 0.5) is 0 Å². The van der Waals surface area contributed by atoms with Crippen molar-refractivity contribution >= 4 is 46.1 Å². The minimum atomic E-state index is -0.638. The first-order valence-corrected chi connectivity index (χ1v) is 8.74. The fourth-order valence-electron chi connectivity index (χ4n) is 2.19. The average molecular weight is 382 g/mol. The van der Waals surface area contributed by atoms with Crippen LogP contribution in [0.25, 0.3) is 0 Å². The van der Waals surface area contributed by atoms with Gasteiger partial charge in [0.05, 0.1) is 11.3 Å². The largest absolute Gasteiger partial charge is 0.454 e. The molecule has 0 bridgehead atoms. The summed E-state index contributed by atoms with van der Waals surface area (Å²) < 4.78 is 15.8. The van der Waals surface area contributed by atoms with Gasteiger partial charge in [0, 0.05) is 13.1 Å². The Bertz CT molecular complexity index is 723. The standard InChI is InChI=1S/C15H14N2O6S2/c18-12(16-3-4-17-13(19)7-25-15(17)24)6-21-14(20)9-1-2-10-11(5-9)23-8-22-10/h1-2,5H,3-4,6-8H2,(H,16,18). The van der Waals surface area contributed by atoms with E-state index in [4.69, 9.17) is 26.4 Å². The smallest absolute Gasteiger partial charge is 0.338 e. The molecule has 2 amide bonds. The van der Waals surface area contributed by atoms with Crippen molar-refractivity contribution < 1.29 is 28.6 Å². The molecule has 0 aliphatic carbocycles.